The number of benzene rings is 1. The summed E-state index contributed by atoms with van der Waals surface area (Å²) < 4.78 is 10.3. The van der Waals surface area contributed by atoms with Gasteiger partial charge in [-0.2, -0.15) is 10.2 Å². The van der Waals surface area contributed by atoms with Gasteiger partial charge in [-0.25, -0.2) is 0 Å². The maximum Gasteiger partial charge on any atom is 0.162 e. The van der Waals surface area contributed by atoms with Crippen molar-refractivity contribution in [2.75, 3.05) is 14.2 Å². The van der Waals surface area contributed by atoms with Crippen LogP contribution in [0.5, 0.6) is 11.5 Å². The molecular formula is C10H9ClN2O2. The molecule has 0 saturated carbocycles. The average molecular weight is 225 g/mol. The van der Waals surface area contributed by atoms with E-state index in [-0.39, 0.29) is 0 Å². The van der Waals surface area contributed by atoms with Crippen LogP contribution in [0.25, 0.3) is 10.9 Å². The van der Waals surface area contributed by atoms with Crippen molar-refractivity contribution in [3.63, 3.8) is 0 Å². The van der Waals surface area contributed by atoms with E-state index in [1.54, 1.807) is 26.4 Å². The second-order valence-electron chi connectivity index (χ2n) is 2.92. The lowest BCUT2D eigenvalue weighted by molar-refractivity contribution is 0.355. The van der Waals surface area contributed by atoms with Crippen LogP contribution < -0.4 is 9.47 Å². The molecule has 0 N–H and O–H groups in total. The molecule has 0 radical (unpaired) electrons. The molecule has 0 aliphatic heterocycles. The van der Waals surface area contributed by atoms with Gasteiger partial charge in [0, 0.05) is 11.5 Å². The summed E-state index contributed by atoms with van der Waals surface area (Å²) in [7, 11) is 3.15. The van der Waals surface area contributed by atoms with Crippen LogP contribution in [-0.2, 0) is 0 Å². The number of aromatic nitrogens is 2. The van der Waals surface area contributed by atoms with Crippen molar-refractivity contribution < 1.29 is 9.47 Å². The van der Waals surface area contributed by atoms with E-state index < -0.39 is 0 Å². The minimum atomic E-state index is 0.543. The maximum absolute atomic E-state index is 5.98. The highest BCUT2D eigenvalue weighted by Gasteiger charge is 2.08. The molecule has 0 unspecified atom stereocenters. The second kappa shape index (κ2) is 3.90. The fraction of sp³-hybridized carbons (Fsp3) is 0.200. The van der Waals surface area contributed by atoms with Crippen LogP contribution in [-0.4, -0.2) is 24.4 Å². The molecule has 0 spiro atoms. The zero-order valence-electron chi connectivity index (χ0n) is 8.32. The van der Waals surface area contributed by atoms with Gasteiger partial charge in [-0.1, -0.05) is 11.6 Å². The summed E-state index contributed by atoms with van der Waals surface area (Å²) in [6.07, 6.45) is 1.50. The van der Waals surface area contributed by atoms with Crippen LogP contribution in [0.3, 0.4) is 0 Å². The Morgan fingerprint density at radius 2 is 1.80 bits per heavy atom. The molecule has 2 aromatic rings. The van der Waals surface area contributed by atoms with Gasteiger partial charge < -0.3 is 9.47 Å². The van der Waals surface area contributed by atoms with E-state index in [0.717, 1.165) is 5.39 Å². The molecule has 0 amide bonds. The van der Waals surface area contributed by atoms with Gasteiger partial charge in [0.15, 0.2) is 11.5 Å². The number of methoxy groups -OCH3 is 2. The van der Waals surface area contributed by atoms with Crippen LogP contribution in [0.2, 0.25) is 5.02 Å². The Morgan fingerprint density at radius 1 is 1.13 bits per heavy atom. The first kappa shape index (κ1) is 9.98. The summed E-state index contributed by atoms with van der Waals surface area (Å²) in [5.74, 6) is 1.24. The molecular weight excluding hydrogens is 216 g/mol. The summed E-state index contributed by atoms with van der Waals surface area (Å²) in [4.78, 5) is 0. The molecule has 0 bridgehead atoms. The Balaban J connectivity index is 2.75. The number of fused-ring (bicyclic) bond motifs is 1. The Labute approximate surface area is 91.8 Å². The van der Waals surface area contributed by atoms with Crippen LogP contribution in [0.15, 0.2) is 18.3 Å². The molecule has 0 aliphatic rings. The number of hydrogen-bond donors (Lipinski definition) is 0. The molecule has 2 rings (SSSR count). The molecule has 1 aromatic carbocycles. The molecule has 1 heterocycles. The summed E-state index contributed by atoms with van der Waals surface area (Å²) in [6, 6.07) is 3.53. The normalized spacial score (nSPS) is 10.3. The highest BCUT2D eigenvalue weighted by molar-refractivity contribution is 6.35. The minimum Gasteiger partial charge on any atom is -0.493 e. The molecule has 0 saturated heterocycles. The maximum atomic E-state index is 5.98. The smallest absolute Gasteiger partial charge is 0.162 e. The molecule has 0 aliphatic carbocycles. The number of ether oxygens (including phenoxy) is 2. The second-order valence-corrected chi connectivity index (χ2v) is 3.32. The Bertz CT molecular complexity index is 502. The van der Waals surface area contributed by atoms with E-state index in [1.807, 2.05) is 0 Å². The van der Waals surface area contributed by atoms with Gasteiger partial charge in [-0.15, -0.1) is 0 Å². The third-order valence-corrected chi connectivity index (χ3v) is 2.40. The minimum absolute atomic E-state index is 0.543. The molecule has 0 fully saturated rings. The zero-order valence-corrected chi connectivity index (χ0v) is 9.08. The summed E-state index contributed by atoms with van der Waals surface area (Å²) in [5.41, 5.74) is 0.681. The SMILES string of the molecule is COc1cc2nncc(Cl)c2cc1OC. The fourth-order valence-corrected chi connectivity index (χ4v) is 1.55. The topological polar surface area (TPSA) is 44.2 Å². The molecule has 5 heteroatoms. The number of hydrogen-bond acceptors (Lipinski definition) is 4. The first-order chi connectivity index (χ1) is 7.26. The lowest BCUT2D eigenvalue weighted by atomic mass is 10.2. The highest BCUT2D eigenvalue weighted by atomic mass is 35.5. The molecule has 1 aromatic heterocycles. The van der Waals surface area contributed by atoms with Crippen molar-refractivity contribution in [2.45, 2.75) is 0 Å². The van der Waals surface area contributed by atoms with Crippen LogP contribution in [0.4, 0.5) is 0 Å². The van der Waals surface area contributed by atoms with E-state index in [4.69, 9.17) is 21.1 Å². The zero-order chi connectivity index (χ0) is 10.8. The quantitative estimate of drug-likeness (QED) is 0.785. The lowest BCUT2D eigenvalue weighted by Crippen LogP contribution is -1.92. The van der Waals surface area contributed by atoms with E-state index in [9.17, 15) is 0 Å². The standard InChI is InChI=1S/C10H9ClN2O2/c1-14-9-3-6-7(11)5-12-13-8(6)4-10(9)15-2/h3-5H,1-2H3. The van der Waals surface area contributed by atoms with E-state index >= 15 is 0 Å². The van der Waals surface area contributed by atoms with Crippen molar-refractivity contribution in [1.29, 1.82) is 0 Å². The number of rotatable bonds is 2. The van der Waals surface area contributed by atoms with E-state index in [0.29, 0.717) is 22.0 Å². The van der Waals surface area contributed by atoms with E-state index in [2.05, 4.69) is 10.2 Å². The third-order valence-electron chi connectivity index (χ3n) is 2.10. The fourth-order valence-electron chi connectivity index (χ4n) is 1.35. The van der Waals surface area contributed by atoms with Gasteiger partial charge in [-0.3, -0.25) is 0 Å². The van der Waals surface area contributed by atoms with Gasteiger partial charge >= 0.3 is 0 Å². The van der Waals surface area contributed by atoms with Crippen molar-refractivity contribution in [3.05, 3.63) is 23.4 Å². The predicted molar refractivity (Wildman–Crippen MR) is 57.7 cm³/mol. The summed E-state index contributed by atoms with van der Waals surface area (Å²) in [6.45, 7) is 0. The Hall–Kier alpha value is -1.55. The van der Waals surface area contributed by atoms with Crippen LogP contribution >= 0.6 is 11.6 Å². The number of nitrogens with zero attached hydrogens (tertiary/aromatic N) is 2. The van der Waals surface area contributed by atoms with Gasteiger partial charge in [-0.05, 0) is 6.07 Å². The van der Waals surface area contributed by atoms with Crippen LogP contribution in [0.1, 0.15) is 0 Å². The predicted octanol–water partition coefficient (Wildman–Crippen LogP) is 2.30. The number of halogens is 1. The average Bonchev–Trinajstić information content (AvgIpc) is 2.28. The van der Waals surface area contributed by atoms with Gasteiger partial charge in [0.1, 0.15) is 0 Å². The van der Waals surface area contributed by atoms with Crippen molar-refractivity contribution in [3.8, 4) is 11.5 Å². The van der Waals surface area contributed by atoms with Crippen molar-refractivity contribution in [2.24, 2.45) is 0 Å². The first-order valence-corrected chi connectivity index (χ1v) is 4.67. The molecule has 4 nitrogen and oxygen atoms in total. The summed E-state index contributed by atoms with van der Waals surface area (Å²) in [5, 5.41) is 9.06. The van der Waals surface area contributed by atoms with Gasteiger partial charge in [0.2, 0.25) is 0 Å². The van der Waals surface area contributed by atoms with Crippen molar-refractivity contribution in [1.82, 2.24) is 10.2 Å². The lowest BCUT2D eigenvalue weighted by Gasteiger charge is -2.08. The van der Waals surface area contributed by atoms with Crippen LogP contribution in [0, 0.1) is 0 Å². The van der Waals surface area contributed by atoms with E-state index in [1.165, 1.54) is 6.20 Å². The molecule has 78 valence electrons. The Morgan fingerprint density at radius 3 is 2.47 bits per heavy atom. The molecule has 0 atom stereocenters. The largest absolute Gasteiger partial charge is 0.493 e. The van der Waals surface area contributed by atoms with Crippen molar-refractivity contribution >= 4 is 22.5 Å². The first-order valence-electron chi connectivity index (χ1n) is 4.29. The highest BCUT2D eigenvalue weighted by Crippen LogP contribution is 2.33. The van der Waals surface area contributed by atoms with Gasteiger partial charge in [0.25, 0.3) is 0 Å². The monoisotopic (exact) mass is 224 g/mol. The third kappa shape index (κ3) is 1.68. The molecule has 15 heavy (non-hydrogen) atoms. The van der Waals surface area contributed by atoms with Gasteiger partial charge in [0.05, 0.1) is 31.0 Å². The Kier molecular flexibility index (Phi) is 2.60. The summed E-state index contributed by atoms with van der Waals surface area (Å²) >= 11 is 5.98.